The van der Waals surface area contributed by atoms with Crippen molar-refractivity contribution in [2.45, 2.75) is 26.0 Å². The van der Waals surface area contributed by atoms with Gasteiger partial charge in [-0.2, -0.15) is 0 Å². The van der Waals surface area contributed by atoms with Crippen LogP contribution in [0.2, 0.25) is 0 Å². The fourth-order valence-corrected chi connectivity index (χ4v) is 2.74. The number of furan rings is 1. The first-order chi connectivity index (χ1) is 10.5. The molecule has 22 heavy (non-hydrogen) atoms. The molecule has 3 heterocycles. The summed E-state index contributed by atoms with van der Waals surface area (Å²) < 4.78 is 11.8. The van der Waals surface area contributed by atoms with Gasteiger partial charge in [-0.15, -0.1) is 0 Å². The van der Waals surface area contributed by atoms with E-state index in [1.54, 1.807) is 10.6 Å². The van der Waals surface area contributed by atoms with Gasteiger partial charge in [-0.25, -0.2) is 4.79 Å². The van der Waals surface area contributed by atoms with Gasteiger partial charge < -0.3 is 18.8 Å². The number of ketones is 1. The fraction of sp³-hybridized carbons (Fsp3) is 0.267. The van der Waals surface area contributed by atoms with E-state index in [0.717, 1.165) is 0 Å². The van der Waals surface area contributed by atoms with Gasteiger partial charge in [0.2, 0.25) is 5.78 Å². The quantitative estimate of drug-likeness (QED) is 0.685. The number of nitrogens with zero attached hydrogens (tertiary/aromatic N) is 1. The van der Waals surface area contributed by atoms with Crippen molar-refractivity contribution in [2.24, 2.45) is 0 Å². The number of fused-ring (bicyclic) bond motifs is 1. The van der Waals surface area contributed by atoms with Gasteiger partial charge in [0.15, 0.2) is 5.76 Å². The Morgan fingerprint density at radius 1 is 1.41 bits per heavy atom. The highest BCUT2D eigenvalue weighted by atomic mass is 16.5. The SMILES string of the molecule is CC(=O)O[C@H]1CCn2c(C(=O)c3ccco3)cc(C(=O)O)c21. The van der Waals surface area contributed by atoms with Crippen LogP contribution in [0.1, 0.15) is 51.7 Å². The monoisotopic (exact) mass is 303 g/mol. The molecule has 2 aromatic rings. The zero-order valence-corrected chi connectivity index (χ0v) is 11.7. The van der Waals surface area contributed by atoms with Gasteiger partial charge in [0.1, 0.15) is 6.10 Å². The van der Waals surface area contributed by atoms with Crippen LogP contribution in [0.4, 0.5) is 0 Å². The average Bonchev–Trinajstić information content (AvgIpc) is 3.13. The zero-order valence-electron chi connectivity index (χ0n) is 11.7. The Morgan fingerprint density at radius 2 is 2.18 bits per heavy atom. The van der Waals surface area contributed by atoms with Crippen LogP contribution < -0.4 is 0 Å². The lowest BCUT2D eigenvalue weighted by Gasteiger charge is -2.10. The predicted molar refractivity (Wildman–Crippen MR) is 72.7 cm³/mol. The van der Waals surface area contributed by atoms with Gasteiger partial charge >= 0.3 is 11.9 Å². The van der Waals surface area contributed by atoms with Crippen LogP contribution in [-0.4, -0.2) is 27.4 Å². The molecule has 1 aliphatic rings. The summed E-state index contributed by atoms with van der Waals surface area (Å²) >= 11 is 0. The van der Waals surface area contributed by atoms with Gasteiger partial charge in [0.05, 0.1) is 23.2 Å². The summed E-state index contributed by atoms with van der Waals surface area (Å²) in [6.45, 7) is 1.67. The van der Waals surface area contributed by atoms with E-state index in [9.17, 15) is 19.5 Å². The molecule has 0 amide bonds. The van der Waals surface area contributed by atoms with Crippen LogP contribution in [0.15, 0.2) is 28.9 Å². The number of carboxylic acids is 1. The van der Waals surface area contributed by atoms with Crippen LogP contribution in [0.25, 0.3) is 0 Å². The minimum absolute atomic E-state index is 0.0290. The van der Waals surface area contributed by atoms with E-state index in [-0.39, 0.29) is 17.0 Å². The third kappa shape index (κ3) is 2.20. The molecule has 0 aliphatic carbocycles. The first kappa shape index (κ1) is 14.1. The van der Waals surface area contributed by atoms with Gasteiger partial charge in [-0.1, -0.05) is 0 Å². The smallest absolute Gasteiger partial charge is 0.337 e. The standard InChI is InChI=1S/C15H13NO6/c1-8(17)22-11-4-5-16-10(7-9(13(11)16)15(19)20)14(18)12-3-2-6-21-12/h2-3,6-7,11H,4-5H2,1H3,(H,19,20)/t11-/m0/s1. The molecule has 1 N–H and O–H groups in total. The van der Waals surface area contributed by atoms with Crippen molar-refractivity contribution in [1.29, 1.82) is 0 Å². The van der Waals surface area contributed by atoms with Crippen molar-refractivity contribution < 1.29 is 28.6 Å². The molecule has 1 atom stereocenters. The molecular weight excluding hydrogens is 290 g/mol. The van der Waals surface area contributed by atoms with Crippen molar-refractivity contribution in [3.05, 3.63) is 47.2 Å². The van der Waals surface area contributed by atoms with Crippen molar-refractivity contribution in [3.8, 4) is 0 Å². The number of rotatable bonds is 4. The minimum atomic E-state index is -1.17. The number of carboxylic acid groups (broad SMARTS) is 1. The topological polar surface area (TPSA) is 98.7 Å². The van der Waals surface area contributed by atoms with Gasteiger partial charge in [0, 0.05) is 19.9 Å². The lowest BCUT2D eigenvalue weighted by atomic mass is 10.1. The molecule has 2 aromatic heterocycles. The van der Waals surface area contributed by atoms with E-state index >= 15 is 0 Å². The molecule has 0 aromatic carbocycles. The van der Waals surface area contributed by atoms with Crippen molar-refractivity contribution >= 4 is 17.7 Å². The normalized spacial score (nSPS) is 16.3. The second kappa shape index (κ2) is 5.18. The number of esters is 1. The molecule has 0 unspecified atom stereocenters. The maximum atomic E-state index is 12.4. The Bertz CT molecular complexity index is 755. The second-order valence-electron chi connectivity index (χ2n) is 4.98. The molecule has 0 bridgehead atoms. The highest BCUT2D eigenvalue weighted by Crippen LogP contribution is 2.35. The number of aromatic nitrogens is 1. The highest BCUT2D eigenvalue weighted by molar-refractivity contribution is 6.07. The van der Waals surface area contributed by atoms with Crippen molar-refractivity contribution in [3.63, 3.8) is 0 Å². The number of aromatic carboxylic acids is 1. The summed E-state index contributed by atoms with van der Waals surface area (Å²) in [7, 11) is 0. The molecule has 0 saturated heterocycles. The van der Waals surface area contributed by atoms with E-state index in [1.165, 1.54) is 25.3 Å². The second-order valence-corrected chi connectivity index (χ2v) is 4.98. The third-order valence-corrected chi connectivity index (χ3v) is 3.57. The van der Waals surface area contributed by atoms with Gasteiger partial charge in [-0.3, -0.25) is 9.59 Å². The molecule has 0 radical (unpaired) electrons. The maximum absolute atomic E-state index is 12.4. The third-order valence-electron chi connectivity index (χ3n) is 3.57. The summed E-state index contributed by atoms with van der Waals surface area (Å²) in [4.78, 5) is 35.0. The predicted octanol–water partition coefficient (Wildman–Crippen LogP) is 2.02. The number of carbonyl (C=O) groups is 3. The van der Waals surface area contributed by atoms with E-state index in [4.69, 9.17) is 9.15 Å². The first-order valence-electron chi connectivity index (χ1n) is 6.71. The number of carbonyl (C=O) groups excluding carboxylic acids is 2. The Balaban J connectivity index is 2.08. The minimum Gasteiger partial charge on any atom is -0.478 e. The molecular formula is C15H13NO6. The average molecular weight is 303 g/mol. The number of ether oxygens (including phenoxy) is 1. The van der Waals surface area contributed by atoms with Crippen LogP contribution in [0, 0.1) is 0 Å². The Kier molecular flexibility index (Phi) is 3.32. The molecule has 114 valence electrons. The van der Waals surface area contributed by atoms with E-state index in [0.29, 0.717) is 18.7 Å². The van der Waals surface area contributed by atoms with E-state index < -0.39 is 23.8 Å². The number of hydrogen-bond donors (Lipinski definition) is 1. The summed E-state index contributed by atoms with van der Waals surface area (Å²) in [5.41, 5.74) is 0.535. The molecule has 7 nitrogen and oxygen atoms in total. The van der Waals surface area contributed by atoms with Crippen molar-refractivity contribution in [1.82, 2.24) is 4.57 Å². The largest absolute Gasteiger partial charge is 0.478 e. The summed E-state index contributed by atoms with van der Waals surface area (Å²) in [6.07, 6.45) is 1.16. The Morgan fingerprint density at radius 3 is 2.77 bits per heavy atom. The van der Waals surface area contributed by atoms with Crippen molar-refractivity contribution in [2.75, 3.05) is 0 Å². The summed E-state index contributed by atoms with van der Waals surface area (Å²) in [6, 6.07) is 4.40. The maximum Gasteiger partial charge on any atom is 0.337 e. The van der Waals surface area contributed by atoms with Crippen LogP contribution in [0.3, 0.4) is 0 Å². The van der Waals surface area contributed by atoms with Gasteiger partial charge in [-0.05, 0) is 18.2 Å². The van der Waals surface area contributed by atoms with E-state index in [1.807, 2.05) is 0 Å². The van der Waals surface area contributed by atoms with E-state index in [2.05, 4.69) is 0 Å². The molecule has 7 heteroatoms. The molecule has 0 spiro atoms. The Labute approximate surface area is 125 Å². The fourth-order valence-electron chi connectivity index (χ4n) is 2.74. The lowest BCUT2D eigenvalue weighted by Crippen LogP contribution is -2.10. The molecule has 1 aliphatic heterocycles. The lowest BCUT2D eigenvalue weighted by molar-refractivity contribution is -0.146. The summed E-state index contributed by atoms with van der Waals surface area (Å²) in [5, 5.41) is 9.34. The van der Waals surface area contributed by atoms with Crippen LogP contribution in [-0.2, 0) is 16.1 Å². The zero-order chi connectivity index (χ0) is 15.9. The highest BCUT2D eigenvalue weighted by Gasteiger charge is 2.35. The summed E-state index contributed by atoms with van der Waals surface area (Å²) in [5.74, 6) is -1.92. The van der Waals surface area contributed by atoms with Crippen LogP contribution in [0.5, 0.6) is 0 Å². The molecule has 0 saturated carbocycles. The Hall–Kier alpha value is -2.83. The molecule has 3 rings (SSSR count). The first-order valence-corrected chi connectivity index (χ1v) is 6.71. The van der Waals surface area contributed by atoms with Crippen LogP contribution >= 0.6 is 0 Å². The van der Waals surface area contributed by atoms with Gasteiger partial charge in [0.25, 0.3) is 0 Å². The number of hydrogen-bond acceptors (Lipinski definition) is 5. The molecule has 0 fully saturated rings.